The molecule has 0 amide bonds. The van der Waals surface area contributed by atoms with Crippen LogP contribution in [0.25, 0.3) is 10.8 Å². The quantitative estimate of drug-likeness (QED) is 0.704. The monoisotopic (exact) mass is 344 g/mol. The summed E-state index contributed by atoms with van der Waals surface area (Å²) in [4.78, 5) is 0.982. The average molecular weight is 345 g/mol. The number of halogens is 1. The van der Waals surface area contributed by atoms with Crippen LogP contribution in [0, 0.1) is 0 Å². The molecule has 3 aromatic rings. The predicted molar refractivity (Wildman–Crippen MR) is 87.4 cm³/mol. The highest BCUT2D eigenvalue weighted by molar-refractivity contribution is 9.11. The standard InChI is InChI=1S/C17H13BrOS/c18-15-9-8-14(20-15)17(19)13-7-6-11-5-4-10-2-1-3-12(13)16(10)11/h1-3,6-9,17,19H,4-5H2. The van der Waals surface area contributed by atoms with Crippen LogP contribution in [0.2, 0.25) is 0 Å². The first-order chi connectivity index (χ1) is 9.74. The Morgan fingerprint density at radius 2 is 1.80 bits per heavy atom. The lowest BCUT2D eigenvalue weighted by molar-refractivity contribution is 0.226. The van der Waals surface area contributed by atoms with Crippen LogP contribution in [0.15, 0.2) is 46.3 Å². The highest BCUT2D eigenvalue weighted by atomic mass is 79.9. The van der Waals surface area contributed by atoms with Crippen LogP contribution in [-0.4, -0.2) is 5.11 Å². The zero-order chi connectivity index (χ0) is 13.7. The summed E-state index contributed by atoms with van der Waals surface area (Å²) in [5.41, 5.74) is 3.85. The molecule has 20 heavy (non-hydrogen) atoms. The Morgan fingerprint density at radius 3 is 2.55 bits per heavy atom. The lowest BCUT2D eigenvalue weighted by Gasteiger charge is -2.13. The molecule has 0 aliphatic heterocycles. The van der Waals surface area contributed by atoms with E-state index in [0.29, 0.717) is 0 Å². The number of hydrogen-bond donors (Lipinski definition) is 1. The van der Waals surface area contributed by atoms with Crippen LogP contribution in [0.5, 0.6) is 0 Å². The summed E-state index contributed by atoms with van der Waals surface area (Å²) < 4.78 is 1.05. The minimum atomic E-state index is -0.545. The van der Waals surface area contributed by atoms with Crippen molar-refractivity contribution in [3.05, 3.63) is 67.8 Å². The Balaban J connectivity index is 1.93. The third kappa shape index (κ3) is 1.85. The van der Waals surface area contributed by atoms with Crippen molar-refractivity contribution in [1.82, 2.24) is 0 Å². The molecule has 1 N–H and O–H groups in total. The third-order valence-electron chi connectivity index (χ3n) is 4.07. The molecule has 0 saturated carbocycles. The summed E-state index contributed by atoms with van der Waals surface area (Å²) >= 11 is 5.05. The minimum absolute atomic E-state index is 0.545. The molecule has 1 aliphatic rings. The van der Waals surface area contributed by atoms with E-state index in [1.807, 2.05) is 12.1 Å². The first kappa shape index (κ1) is 12.6. The van der Waals surface area contributed by atoms with Gasteiger partial charge in [-0.3, -0.25) is 0 Å². The minimum Gasteiger partial charge on any atom is -0.383 e. The van der Waals surface area contributed by atoms with Gasteiger partial charge in [-0.15, -0.1) is 11.3 Å². The second-order valence-corrected chi connectivity index (χ2v) is 7.69. The van der Waals surface area contributed by atoms with Gasteiger partial charge < -0.3 is 5.11 Å². The topological polar surface area (TPSA) is 20.2 Å². The lowest BCUT2D eigenvalue weighted by atomic mass is 9.96. The fourth-order valence-corrected chi connectivity index (χ4v) is 4.57. The largest absolute Gasteiger partial charge is 0.383 e. The predicted octanol–water partition coefficient (Wildman–Crippen LogP) is 4.84. The van der Waals surface area contributed by atoms with E-state index < -0.39 is 6.10 Å². The highest BCUT2D eigenvalue weighted by Gasteiger charge is 2.20. The van der Waals surface area contributed by atoms with Crippen LogP contribution in [0.1, 0.15) is 27.7 Å². The van der Waals surface area contributed by atoms with E-state index in [-0.39, 0.29) is 0 Å². The van der Waals surface area contributed by atoms with Gasteiger partial charge in [0.25, 0.3) is 0 Å². The molecule has 4 rings (SSSR count). The van der Waals surface area contributed by atoms with E-state index in [4.69, 9.17) is 0 Å². The van der Waals surface area contributed by atoms with Gasteiger partial charge in [0.05, 0.1) is 3.79 Å². The number of aliphatic hydroxyl groups is 1. The molecule has 1 unspecified atom stereocenters. The van der Waals surface area contributed by atoms with Crippen LogP contribution >= 0.6 is 27.3 Å². The maximum absolute atomic E-state index is 10.7. The zero-order valence-corrected chi connectivity index (χ0v) is 13.2. The Bertz CT molecular complexity index is 796. The van der Waals surface area contributed by atoms with E-state index in [0.717, 1.165) is 27.1 Å². The molecular formula is C17H13BrOS. The van der Waals surface area contributed by atoms with Gasteiger partial charge in [0.15, 0.2) is 0 Å². The molecule has 0 fully saturated rings. The smallest absolute Gasteiger partial charge is 0.114 e. The molecule has 1 nitrogen and oxygen atoms in total. The Hall–Kier alpha value is -1.16. The van der Waals surface area contributed by atoms with Crippen molar-refractivity contribution in [1.29, 1.82) is 0 Å². The van der Waals surface area contributed by atoms with Gasteiger partial charge in [0.2, 0.25) is 0 Å². The molecule has 1 atom stereocenters. The number of thiophene rings is 1. The summed E-state index contributed by atoms with van der Waals surface area (Å²) in [6.07, 6.45) is 1.70. The molecule has 3 heteroatoms. The Morgan fingerprint density at radius 1 is 1.00 bits per heavy atom. The van der Waals surface area contributed by atoms with Crippen molar-refractivity contribution in [3.8, 4) is 0 Å². The summed E-state index contributed by atoms with van der Waals surface area (Å²) in [7, 11) is 0. The van der Waals surface area contributed by atoms with Crippen molar-refractivity contribution in [2.75, 3.05) is 0 Å². The Labute approximate surface area is 130 Å². The van der Waals surface area contributed by atoms with Crippen molar-refractivity contribution >= 4 is 38.0 Å². The lowest BCUT2D eigenvalue weighted by Crippen LogP contribution is -1.98. The summed E-state index contributed by atoms with van der Waals surface area (Å²) in [6, 6.07) is 14.7. The SMILES string of the molecule is OC(c1ccc(Br)s1)c1ccc2c3c(cccc13)CC2. The first-order valence-corrected chi connectivity index (χ1v) is 8.31. The number of aryl methyl sites for hydroxylation is 2. The van der Waals surface area contributed by atoms with Crippen LogP contribution < -0.4 is 0 Å². The number of hydrogen-bond acceptors (Lipinski definition) is 2. The van der Waals surface area contributed by atoms with Gasteiger partial charge >= 0.3 is 0 Å². The zero-order valence-electron chi connectivity index (χ0n) is 10.8. The van der Waals surface area contributed by atoms with Gasteiger partial charge in [-0.1, -0.05) is 30.3 Å². The third-order valence-corrected chi connectivity index (χ3v) is 5.74. The van der Waals surface area contributed by atoms with Gasteiger partial charge in [0.1, 0.15) is 6.10 Å². The molecule has 1 aliphatic carbocycles. The van der Waals surface area contributed by atoms with Gasteiger partial charge in [-0.2, -0.15) is 0 Å². The molecule has 1 heterocycles. The summed E-state index contributed by atoms with van der Waals surface area (Å²) in [5, 5.41) is 13.3. The van der Waals surface area contributed by atoms with E-state index in [2.05, 4.69) is 46.3 Å². The van der Waals surface area contributed by atoms with Crippen molar-refractivity contribution in [2.24, 2.45) is 0 Å². The van der Waals surface area contributed by atoms with Crippen molar-refractivity contribution in [3.63, 3.8) is 0 Å². The first-order valence-electron chi connectivity index (χ1n) is 6.71. The fraction of sp³-hybridized carbons (Fsp3) is 0.176. The normalized spacial score (nSPS) is 14.9. The molecule has 0 saturated heterocycles. The summed E-state index contributed by atoms with van der Waals surface area (Å²) in [6.45, 7) is 0. The maximum Gasteiger partial charge on any atom is 0.114 e. The Kier molecular flexibility index (Phi) is 2.95. The van der Waals surface area contributed by atoms with E-state index >= 15 is 0 Å². The number of aliphatic hydroxyl groups excluding tert-OH is 1. The highest BCUT2D eigenvalue weighted by Crippen LogP contribution is 2.38. The second-order valence-electron chi connectivity index (χ2n) is 5.20. The van der Waals surface area contributed by atoms with Crippen LogP contribution in [-0.2, 0) is 12.8 Å². The molecular weight excluding hydrogens is 332 g/mol. The number of rotatable bonds is 2. The van der Waals surface area contributed by atoms with Gasteiger partial charge in [0, 0.05) is 4.88 Å². The maximum atomic E-state index is 10.7. The van der Waals surface area contributed by atoms with Crippen LogP contribution in [0.4, 0.5) is 0 Å². The average Bonchev–Trinajstić information content (AvgIpc) is 3.07. The molecule has 0 radical (unpaired) electrons. The van der Waals surface area contributed by atoms with E-state index in [1.54, 1.807) is 11.3 Å². The molecule has 1 aromatic heterocycles. The van der Waals surface area contributed by atoms with Crippen LogP contribution in [0.3, 0.4) is 0 Å². The van der Waals surface area contributed by atoms with Crippen molar-refractivity contribution in [2.45, 2.75) is 18.9 Å². The number of benzene rings is 2. The van der Waals surface area contributed by atoms with Crippen molar-refractivity contribution < 1.29 is 5.11 Å². The summed E-state index contributed by atoms with van der Waals surface area (Å²) in [5.74, 6) is 0. The van der Waals surface area contributed by atoms with Gasteiger partial charge in [-0.05, 0) is 68.4 Å². The van der Waals surface area contributed by atoms with E-state index in [9.17, 15) is 5.11 Å². The van der Waals surface area contributed by atoms with Gasteiger partial charge in [-0.25, -0.2) is 0 Å². The molecule has 100 valence electrons. The molecule has 2 aromatic carbocycles. The second kappa shape index (κ2) is 4.69. The molecule has 0 bridgehead atoms. The molecule has 0 spiro atoms. The van der Waals surface area contributed by atoms with E-state index in [1.165, 1.54) is 21.9 Å². The fourth-order valence-electron chi connectivity index (χ4n) is 3.14.